The minimum Gasteiger partial charge on any atom is -0.395 e. The van der Waals surface area contributed by atoms with Gasteiger partial charge >= 0.3 is 0 Å². The van der Waals surface area contributed by atoms with Crippen LogP contribution in [0.15, 0.2) is 41.4 Å². The molecule has 0 fully saturated rings. The van der Waals surface area contributed by atoms with Crippen molar-refractivity contribution in [1.82, 2.24) is 9.46 Å². The first-order valence-electron chi connectivity index (χ1n) is 6.11. The van der Waals surface area contributed by atoms with Crippen LogP contribution in [0.3, 0.4) is 0 Å². The molecular weight excluding hydrogens is 280 g/mol. The molecular formula is C13H16N2O4S. The zero-order valence-corrected chi connectivity index (χ0v) is 11.7. The Morgan fingerprint density at radius 1 is 1.40 bits per heavy atom. The summed E-state index contributed by atoms with van der Waals surface area (Å²) in [4.78, 5) is 0. The van der Waals surface area contributed by atoms with Crippen LogP contribution >= 0.6 is 0 Å². The van der Waals surface area contributed by atoms with Crippen LogP contribution < -0.4 is 0 Å². The van der Waals surface area contributed by atoms with Crippen LogP contribution in [0, 0.1) is 0 Å². The number of aliphatic hydroxyl groups is 1. The molecule has 0 spiro atoms. The van der Waals surface area contributed by atoms with E-state index in [0.717, 1.165) is 0 Å². The molecule has 20 heavy (non-hydrogen) atoms. The lowest BCUT2D eigenvalue weighted by Crippen LogP contribution is -2.34. The van der Waals surface area contributed by atoms with Crippen molar-refractivity contribution in [3.05, 3.63) is 42.6 Å². The van der Waals surface area contributed by atoms with E-state index in [4.69, 9.17) is 9.63 Å². The average molecular weight is 296 g/mol. The van der Waals surface area contributed by atoms with Crippen molar-refractivity contribution in [3.63, 3.8) is 0 Å². The van der Waals surface area contributed by atoms with Gasteiger partial charge in [-0.25, -0.2) is 8.42 Å². The Balaban J connectivity index is 2.29. The lowest BCUT2D eigenvalue weighted by atomic mass is 10.2. The summed E-state index contributed by atoms with van der Waals surface area (Å²) < 4.78 is 30.9. The molecule has 0 atom stereocenters. The SMILES string of the molecule is C=CCN(CCO)S(=O)(=O)Cc1noc2ccccc12. The molecule has 0 aliphatic rings. The first-order chi connectivity index (χ1) is 9.58. The lowest BCUT2D eigenvalue weighted by molar-refractivity contribution is 0.260. The fraction of sp³-hybridized carbons (Fsp3) is 0.308. The van der Waals surface area contributed by atoms with E-state index in [0.29, 0.717) is 16.7 Å². The van der Waals surface area contributed by atoms with Crippen molar-refractivity contribution in [2.45, 2.75) is 5.75 Å². The number of para-hydroxylation sites is 1. The second-order valence-electron chi connectivity index (χ2n) is 4.25. The standard InChI is InChI=1S/C13H16N2O4S/c1-2-7-15(8-9-16)20(17,18)10-12-11-5-3-4-6-13(11)19-14-12/h2-6,16H,1,7-10H2. The highest BCUT2D eigenvalue weighted by atomic mass is 32.2. The van der Waals surface area contributed by atoms with Gasteiger partial charge < -0.3 is 9.63 Å². The molecule has 7 heteroatoms. The van der Waals surface area contributed by atoms with Crippen LogP contribution in [0.1, 0.15) is 5.69 Å². The van der Waals surface area contributed by atoms with Gasteiger partial charge in [-0.15, -0.1) is 6.58 Å². The highest BCUT2D eigenvalue weighted by molar-refractivity contribution is 7.88. The van der Waals surface area contributed by atoms with Crippen molar-refractivity contribution < 1.29 is 18.0 Å². The Morgan fingerprint density at radius 3 is 2.85 bits per heavy atom. The summed E-state index contributed by atoms with van der Waals surface area (Å²) in [6, 6.07) is 7.08. The number of nitrogens with zero attached hydrogens (tertiary/aromatic N) is 2. The van der Waals surface area contributed by atoms with E-state index in [1.54, 1.807) is 24.3 Å². The highest BCUT2D eigenvalue weighted by Gasteiger charge is 2.23. The van der Waals surface area contributed by atoms with E-state index in [1.165, 1.54) is 10.4 Å². The predicted molar refractivity (Wildman–Crippen MR) is 75.5 cm³/mol. The molecule has 0 saturated carbocycles. The Labute approximate surface area is 117 Å². The minimum atomic E-state index is -3.58. The van der Waals surface area contributed by atoms with Gasteiger partial charge in [0.05, 0.1) is 6.61 Å². The number of aliphatic hydroxyl groups excluding tert-OH is 1. The van der Waals surface area contributed by atoms with E-state index in [-0.39, 0.29) is 25.4 Å². The topological polar surface area (TPSA) is 83.6 Å². The van der Waals surface area contributed by atoms with Crippen molar-refractivity contribution >= 4 is 21.0 Å². The van der Waals surface area contributed by atoms with Crippen molar-refractivity contribution in [2.75, 3.05) is 19.7 Å². The molecule has 0 aliphatic heterocycles. The number of hydrogen-bond acceptors (Lipinski definition) is 5. The summed E-state index contributed by atoms with van der Waals surface area (Å²) in [6.07, 6.45) is 1.48. The van der Waals surface area contributed by atoms with Crippen LogP contribution in [-0.2, 0) is 15.8 Å². The number of hydrogen-bond donors (Lipinski definition) is 1. The largest absolute Gasteiger partial charge is 0.395 e. The minimum absolute atomic E-state index is 0.0319. The van der Waals surface area contributed by atoms with Gasteiger partial charge in [-0.1, -0.05) is 23.4 Å². The van der Waals surface area contributed by atoms with E-state index >= 15 is 0 Å². The third-order valence-corrected chi connectivity index (χ3v) is 4.60. The fourth-order valence-corrected chi connectivity index (χ4v) is 3.33. The summed E-state index contributed by atoms with van der Waals surface area (Å²) in [5.41, 5.74) is 0.919. The second kappa shape index (κ2) is 6.17. The Morgan fingerprint density at radius 2 is 2.15 bits per heavy atom. The molecule has 0 unspecified atom stereocenters. The molecule has 0 bridgehead atoms. The summed E-state index contributed by atoms with van der Waals surface area (Å²) in [5, 5.41) is 13.4. The predicted octanol–water partition coefficient (Wildman–Crippen LogP) is 1.14. The maximum Gasteiger partial charge on any atom is 0.220 e. The Kier molecular flexibility index (Phi) is 4.53. The van der Waals surface area contributed by atoms with Crippen LogP contribution in [-0.4, -0.2) is 42.7 Å². The van der Waals surface area contributed by atoms with Crippen LogP contribution in [0.5, 0.6) is 0 Å². The third kappa shape index (κ3) is 3.06. The zero-order valence-electron chi connectivity index (χ0n) is 10.9. The average Bonchev–Trinajstić information content (AvgIpc) is 2.81. The molecule has 2 aromatic rings. The van der Waals surface area contributed by atoms with Gasteiger partial charge in [0.2, 0.25) is 10.0 Å². The highest BCUT2D eigenvalue weighted by Crippen LogP contribution is 2.20. The maximum absolute atomic E-state index is 12.3. The van der Waals surface area contributed by atoms with Crippen LogP contribution in [0.4, 0.5) is 0 Å². The quantitative estimate of drug-likeness (QED) is 0.775. The van der Waals surface area contributed by atoms with Crippen molar-refractivity contribution in [2.24, 2.45) is 0 Å². The van der Waals surface area contributed by atoms with Crippen LogP contribution in [0.2, 0.25) is 0 Å². The number of fused-ring (bicyclic) bond motifs is 1. The van der Waals surface area contributed by atoms with Gasteiger partial charge in [0.25, 0.3) is 0 Å². The van der Waals surface area contributed by atoms with Gasteiger partial charge in [-0.05, 0) is 12.1 Å². The molecule has 108 valence electrons. The monoisotopic (exact) mass is 296 g/mol. The molecule has 2 rings (SSSR count). The Hall–Kier alpha value is -1.70. The number of sulfonamides is 1. The van der Waals surface area contributed by atoms with Crippen LogP contribution in [0.25, 0.3) is 11.0 Å². The normalized spacial score (nSPS) is 12.1. The summed E-state index contributed by atoms with van der Waals surface area (Å²) in [6.45, 7) is 3.46. The van der Waals surface area contributed by atoms with E-state index in [9.17, 15) is 8.42 Å². The van der Waals surface area contributed by atoms with Gasteiger partial charge in [0.15, 0.2) is 5.58 Å². The summed E-state index contributed by atoms with van der Waals surface area (Å²) in [5.74, 6) is -0.266. The van der Waals surface area contributed by atoms with Gasteiger partial charge in [-0.2, -0.15) is 4.31 Å². The molecule has 6 nitrogen and oxygen atoms in total. The molecule has 0 aliphatic carbocycles. The molecule has 1 aromatic carbocycles. The number of rotatable bonds is 7. The maximum atomic E-state index is 12.3. The molecule has 0 amide bonds. The van der Waals surface area contributed by atoms with Crippen molar-refractivity contribution in [1.29, 1.82) is 0 Å². The second-order valence-corrected chi connectivity index (χ2v) is 6.22. The zero-order chi connectivity index (χ0) is 14.6. The summed E-state index contributed by atoms with van der Waals surface area (Å²) in [7, 11) is -3.58. The number of aromatic nitrogens is 1. The molecule has 0 saturated heterocycles. The number of benzene rings is 1. The van der Waals surface area contributed by atoms with Crippen molar-refractivity contribution in [3.8, 4) is 0 Å². The van der Waals surface area contributed by atoms with Gasteiger partial charge in [0.1, 0.15) is 11.4 Å². The van der Waals surface area contributed by atoms with E-state index in [1.807, 2.05) is 0 Å². The van der Waals surface area contributed by atoms with Gasteiger partial charge in [0, 0.05) is 18.5 Å². The first-order valence-corrected chi connectivity index (χ1v) is 7.72. The molecule has 0 radical (unpaired) electrons. The van der Waals surface area contributed by atoms with Gasteiger partial charge in [-0.3, -0.25) is 0 Å². The lowest BCUT2D eigenvalue weighted by Gasteiger charge is -2.18. The molecule has 1 aromatic heterocycles. The van der Waals surface area contributed by atoms with E-state index < -0.39 is 10.0 Å². The smallest absolute Gasteiger partial charge is 0.220 e. The molecule has 1 heterocycles. The molecule has 1 N–H and O–H groups in total. The first kappa shape index (κ1) is 14.7. The third-order valence-electron chi connectivity index (χ3n) is 2.85. The summed E-state index contributed by atoms with van der Waals surface area (Å²) >= 11 is 0. The Bertz CT molecular complexity index is 693. The van der Waals surface area contributed by atoms with E-state index in [2.05, 4.69) is 11.7 Å². The fourth-order valence-electron chi connectivity index (χ4n) is 1.91.